The fourth-order valence-electron chi connectivity index (χ4n) is 3.04. The summed E-state index contributed by atoms with van der Waals surface area (Å²) in [5, 5.41) is 5.32. The van der Waals surface area contributed by atoms with E-state index in [1.54, 1.807) is 17.5 Å². The monoisotopic (exact) mass is 329 g/mol. The molecule has 23 heavy (non-hydrogen) atoms. The zero-order valence-corrected chi connectivity index (χ0v) is 14.1. The Morgan fingerprint density at radius 2 is 2.35 bits per heavy atom. The van der Waals surface area contributed by atoms with Crippen molar-refractivity contribution in [2.45, 2.75) is 38.3 Å². The molecule has 2 aromatic heterocycles. The van der Waals surface area contributed by atoms with Gasteiger partial charge in [0.25, 0.3) is 0 Å². The highest BCUT2D eigenvalue weighted by atomic mass is 32.1. The lowest BCUT2D eigenvalue weighted by molar-refractivity contribution is -0.122. The zero-order chi connectivity index (χ0) is 15.9. The van der Waals surface area contributed by atoms with E-state index in [0.717, 1.165) is 44.5 Å². The summed E-state index contributed by atoms with van der Waals surface area (Å²) < 4.78 is 0. The van der Waals surface area contributed by atoms with Crippen LogP contribution in [-0.2, 0) is 17.8 Å². The molecule has 0 aliphatic carbocycles. The molecule has 5 heteroatoms. The molecule has 4 nitrogen and oxygen atoms in total. The van der Waals surface area contributed by atoms with Gasteiger partial charge in [0, 0.05) is 42.8 Å². The fraction of sp³-hybridized carbons (Fsp3) is 0.444. The van der Waals surface area contributed by atoms with Gasteiger partial charge in [0.15, 0.2) is 0 Å². The molecule has 1 amide bonds. The molecule has 3 rings (SSSR count). The number of hydrogen-bond acceptors (Lipinski definition) is 4. The topological polar surface area (TPSA) is 45.2 Å². The van der Waals surface area contributed by atoms with E-state index in [1.807, 2.05) is 18.3 Å². The first-order valence-electron chi connectivity index (χ1n) is 8.22. The first kappa shape index (κ1) is 16.1. The van der Waals surface area contributed by atoms with Crippen LogP contribution in [0.15, 0.2) is 42.0 Å². The van der Waals surface area contributed by atoms with E-state index >= 15 is 0 Å². The molecule has 1 fully saturated rings. The van der Waals surface area contributed by atoms with Crippen LogP contribution in [0.3, 0.4) is 0 Å². The lowest BCUT2D eigenvalue weighted by Gasteiger charge is -2.32. The molecule has 1 aliphatic heterocycles. The van der Waals surface area contributed by atoms with Gasteiger partial charge < -0.3 is 5.32 Å². The molecular weight excluding hydrogens is 306 g/mol. The van der Waals surface area contributed by atoms with Crippen LogP contribution in [0.25, 0.3) is 0 Å². The maximum absolute atomic E-state index is 12.2. The van der Waals surface area contributed by atoms with E-state index in [0.29, 0.717) is 6.42 Å². The highest BCUT2D eigenvalue weighted by Crippen LogP contribution is 2.17. The summed E-state index contributed by atoms with van der Waals surface area (Å²) in [5.41, 5.74) is 1.12. The summed E-state index contributed by atoms with van der Waals surface area (Å²) in [6, 6.07) is 8.49. The van der Waals surface area contributed by atoms with Crippen LogP contribution in [0, 0.1) is 0 Å². The molecule has 1 unspecified atom stereocenters. The Hall–Kier alpha value is -1.72. The van der Waals surface area contributed by atoms with Crippen molar-refractivity contribution in [2.75, 3.05) is 13.1 Å². The lowest BCUT2D eigenvalue weighted by Crippen LogP contribution is -2.47. The Labute approximate surface area is 141 Å². The highest BCUT2D eigenvalue weighted by Gasteiger charge is 2.21. The number of piperidine rings is 1. The number of rotatable bonds is 6. The summed E-state index contributed by atoms with van der Waals surface area (Å²) in [4.78, 5) is 20.1. The van der Waals surface area contributed by atoms with Crippen LogP contribution in [0.5, 0.6) is 0 Å². The number of amides is 1. The van der Waals surface area contributed by atoms with E-state index in [9.17, 15) is 4.79 Å². The van der Waals surface area contributed by atoms with Gasteiger partial charge in [0.05, 0.1) is 0 Å². The van der Waals surface area contributed by atoms with E-state index < -0.39 is 0 Å². The summed E-state index contributed by atoms with van der Waals surface area (Å²) in [6.45, 7) is 3.08. The Morgan fingerprint density at radius 3 is 3.13 bits per heavy atom. The molecule has 0 spiro atoms. The molecular formula is C18H23N3OS. The normalized spacial score (nSPS) is 18.7. The number of nitrogens with zero attached hydrogens (tertiary/aromatic N) is 2. The van der Waals surface area contributed by atoms with Crippen molar-refractivity contribution >= 4 is 17.2 Å². The van der Waals surface area contributed by atoms with Gasteiger partial charge in [-0.05, 0) is 48.9 Å². The minimum Gasteiger partial charge on any atom is -0.352 e. The number of pyridine rings is 1. The van der Waals surface area contributed by atoms with Crippen molar-refractivity contribution < 1.29 is 4.79 Å². The second-order valence-corrected chi connectivity index (χ2v) is 7.11. The number of carbonyl (C=O) groups excluding carboxylic acids is 1. The van der Waals surface area contributed by atoms with Crippen molar-refractivity contribution in [1.82, 2.24) is 15.2 Å². The Kier molecular flexibility index (Phi) is 5.77. The summed E-state index contributed by atoms with van der Waals surface area (Å²) >= 11 is 1.80. The average molecular weight is 329 g/mol. The quantitative estimate of drug-likeness (QED) is 0.886. The van der Waals surface area contributed by atoms with E-state index in [-0.39, 0.29) is 11.9 Å². The van der Waals surface area contributed by atoms with Gasteiger partial charge in [-0.15, -0.1) is 11.3 Å². The molecule has 0 saturated carbocycles. The Bertz CT molecular complexity index is 600. The van der Waals surface area contributed by atoms with Crippen LogP contribution in [0.1, 0.15) is 29.7 Å². The Morgan fingerprint density at radius 1 is 1.39 bits per heavy atom. The predicted molar refractivity (Wildman–Crippen MR) is 93.3 cm³/mol. The van der Waals surface area contributed by atoms with E-state index in [1.165, 1.54) is 4.88 Å². The average Bonchev–Trinajstić information content (AvgIpc) is 3.07. The van der Waals surface area contributed by atoms with Crippen molar-refractivity contribution in [3.8, 4) is 0 Å². The molecule has 1 aliphatic rings. The van der Waals surface area contributed by atoms with Crippen LogP contribution >= 0.6 is 11.3 Å². The van der Waals surface area contributed by atoms with Crippen molar-refractivity contribution in [3.05, 3.63) is 52.5 Å². The van der Waals surface area contributed by atoms with Gasteiger partial charge in [-0.2, -0.15) is 0 Å². The molecule has 1 N–H and O–H groups in total. The second-order valence-electron chi connectivity index (χ2n) is 6.08. The van der Waals surface area contributed by atoms with E-state index in [4.69, 9.17) is 0 Å². The maximum Gasteiger partial charge on any atom is 0.220 e. The molecule has 2 aromatic rings. The number of nitrogens with one attached hydrogen (secondary N) is 1. The highest BCUT2D eigenvalue weighted by molar-refractivity contribution is 7.09. The van der Waals surface area contributed by atoms with Gasteiger partial charge in [-0.3, -0.25) is 14.7 Å². The summed E-state index contributed by atoms with van der Waals surface area (Å²) in [5.74, 6) is 0.150. The number of aromatic nitrogens is 1. The minimum absolute atomic E-state index is 0.150. The van der Waals surface area contributed by atoms with Gasteiger partial charge in [0.1, 0.15) is 0 Å². The predicted octanol–water partition coefficient (Wildman–Crippen LogP) is 2.86. The number of likely N-dealkylation sites (tertiary alicyclic amines) is 1. The fourth-order valence-corrected chi connectivity index (χ4v) is 3.79. The minimum atomic E-state index is 0.150. The van der Waals surface area contributed by atoms with Crippen molar-refractivity contribution in [1.29, 1.82) is 0 Å². The molecule has 122 valence electrons. The third-order valence-electron chi connectivity index (χ3n) is 4.19. The van der Waals surface area contributed by atoms with Crippen molar-refractivity contribution in [2.24, 2.45) is 0 Å². The summed E-state index contributed by atoms with van der Waals surface area (Å²) in [7, 11) is 0. The van der Waals surface area contributed by atoms with E-state index in [2.05, 4.69) is 32.7 Å². The third-order valence-corrected chi connectivity index (χ3v) is 5.05. The maximum atomic E-state index is 12.2. The molecule has 1 atom stereocenters. The number of aryl methyl sites for hydroxylation is 1. The standard InChI is InChI=1S/C18H23N3OS/c22-18(8-7-15-4-1-9-19-12-15)20-16-5-2-10-21(13-16)14-17-6-3-11-23-17/h1,3-4,6,9,11-12,16H,2,5,7-8,10,13-14H2,(H,20,22). The second kappa shape index (κ2) is 8.22. The summed E-state index contributed by atoms with van der Waals surface area (Å²) in [6.07, 6.45) is 7.11. The number of carbonyl (C=O) groups is 1. The largest absolute Gasteiger partial charge is 0.352 e. The van der Waals surface area contributed by atoms with Gasteiger partial charge in [-0.1, -0.05) is 12.1 Å². The third kappa shape index (κ3) is 5.15. The molecule has 0 aromatic carbocycles. The smallest absolute Gasteiger partial charge is 0.220 e. The first-order chi connectivity index (χ1) is 11.3. The van der Waals surface area contributed by atoms with Crippen molar-refractivity contribution in [3.63, 3.8) is 0 Å². The Balaban J connectivity index is 1.42. The SMILES string of the molecule is O=C(CCc1cccnc1)NC1CCCN(Cc2cccs2)C1. The van der Waals surface area contributed by atoms with Gasteiger partial charge >= 0.3 is 0 Å². The lowest BCUT2D eigenvalue weighted by atomic mass is 10.0. The molecule has 0 radical (unpaired) electrons. The first-order valence-corrected chi connectivity index (χ1v) is 9.10. The molecule has 3 heterocycles. The van der Waals surface area contributed by atoms with Gasteiger partial charge in [0.2, 0.25) is 5.91 Å². The zero-order valence-electron chi connectivity index (χ0n) is 13.3. The molecule has 0 bridgehead atoms. The van der Waals surface area contributed by atoms with Crippen LogP contribution < -0.4 is 5.32 Å². The van der Waals surface area contributed by atoms with Crippen LogP contribution in [0.2, 0.25) is 0 Å². The van der Waals surface area contributed by atoms with Crippen LogP contribution in [-0.4, -0.2) is 34.9 Å². The number of thiophene rings is 1. The number of hydrogen-bond donors (Lipinski definition) is 1. The van der Waals surface area contributed by atoms with Crippen LogP contribution in [0.4, 0.5) is 0 Å². The van der Waals surface area contributed by atoms with Gasteiger partial charge in [-0.25, -0.2) is 0 Å². The molecule has 1 saturated heterocycles.